The maximum Gasteiger partial charge on any atom is 0.211 e. The zero-order valence-electron chi connectivity index (χ0n) is 12.1. The molecule has 1 atom stereocenters. The van der Waals surface area contributed by atoms with E-state index < -0.39 is 19.9 Å². The van der Waals surface area contributed by atoms with E-state index in [1.807, 2.05) is 0 Å². The summed E-state index contributed by atoms with van der Waals surface area (Å²) in [4.78, 5) is 0. The topological polar surface area (TPSA) is 92.3 Å². The van der Waals surface area contributed by atoms with Gasteiger partial charge in [0.2, 0.25) is 10.0 Å². The molecule has 1 aliphatic heterocycles. The molecule has 0 aromatic heterocycles. The van der Waals surface area contributed by atoms with Gasteiger partial charge >= 0.3 is 0 Å². The quantitative estimate of drug-likeness (QED) is 0.556. The van der Waals surface area contributed by atoms with Gasteiger partial charge in [-0.3, -0.25) is 0 Å². The van der Waals surface area contributed by atoms with Crippen molar-refractivity contribution in [1.82, 2.24) is 10.0 Å². The Bertz CT molecular complexity index is 474. The van der Waals surface area contributed by atoms with E-state index in [4.69, 9.17) is 0 Å². The van der Waals surface area contributed by atoms with Gasteiger partial charge < -0.3 is 5.32 Å². The van der Waals surface area contributed by atoms with Gasteiger partial charge in [0.25, 0.3) is 0 Å². The van der Waals surface area contributed by atoms with Crippen LogP contribution in [0, 0.1) is 5.92 Å². The first-order valence-electron chi connectivity index (χ1n) is 7.23. The fraction of sp³-hybridized carbons (Fsp3) is 1.00. The van der Waals surface area contributed by atoms with Crippen molar-refractivity contribution in [3.8, 4) is 0 Å². The number of sulfone groups is 1. The summed E-state index contributed by atoms with van der Waals surface area (Å²) >= 11 is 0. The maximum absolute atomic E-state index is 11.8. The number of hydrogen-bond donors (Lipinski definition) is 2. The molecular weight excluding hydrogens is 300 g/mol. The Labute approximate surface area is 122 Å². The number of sulfonamides is 1. The van der Waals surface area contributed by atoms with Crippen molar-refractivity contribution in [2.24, 2.45) is 5.92 Å². The highest BCUT2D eigenvalue weighted by atomic mass is 32.2. The van der Waals surface area contributed by atoms with E-state index in [2.05, 4.69) is 17.0 Å². The largest absolute Gasteiger partial charge is 0.317 e. The third-order valence-electron chi connectivity index (χ3n) is 3.36. The minimum absolute atomic E-state index is 0.0685. The summed E-state index contributed by atoms with van der Waals surface area (Å²) in [5, 5.41) is 3.23. The Hall–Kier alpha value is -0.180. The van der Waals surface area contributed by atoms with Crippen LogP contribution in [0.25, 0.3) is 0 Å². The van der Waals surface area contributed by atoms with E-state index in [0.717, 1.165) is 25.9 Å². The van der Waals surface area contributed by atoms with Gasteiger partial charge in [0.1, 0.15) is 0 Å². The molecule has 0 amide bonds. The van der Waals surface area contributed by atoms with Crippen LogP contribution in [0.15, 0.2) is 0 Å². The van der Waals surface area contributed by atoms with Crippen LogP contribution in [0.1, 0.15) is 32.6 Å². The first-order chi connectivity index (χ1) is 9.35. The van der Waals surface area contributed by atoms with Gasteiger partial charge in [0.15, 0.2) is 9.84 Å². The summed E-state index contributed by atoms with van der Waals surface area (Å²) < 4.78 is 48.6. The lowest BCUT2D eigenvalue weighted by Crippen LogP contribution is -2.32. The fourth-order valence-electron chi connectivity index (χ4n) is 2.19. The number of rotatable bonds is 10. The van der Waals surface area contributed by atoms with Gasteiger partial charge in [-0.15, -0.1) is 0 Å². The Morgan fingerprint density at radius 1 is 1.20 bits per heavy atom. The predicted molar refractivity (Wildman–Crippen MR) is 80.9 cm³/mol. The van der Waals surface area contributed by atoms with Crippen molar-refractivity contribution in [2.45, 2.75) is 32.6 Å². The van der Waals surface area contributed by atoms with E-state index in [0.29, 0.717) is 12.8 Å². The van der Waals surface area contributed by atoms with Gasteiger partial charge in [0, 0.05) is 6.54 Å². The molecule has 0 aromatic carbocycles. The second-order valence-corrected chi connectivity index (χ2v) is 9.55. The van der Waals surface area contributed by atoms with Crippen LogP contribution in [-0.4, -0.2) is 53.7 Å². The maximum atomic E-state index is 11.8. The minimum Gasteiger partial charge on any atom is -0.317 e. The van der Waals surface area contributed by atoms with Gasteiger partial charge in [-0.05, 0) is 44.7 Å². The molecule has 0 aromatic rings. The van der Waals surface area contributed by atoms with Crippen molar-refractivity contribution < 1.29 is 16.8 Å². The molecule has 1 unspecified atom stereocenters. The summed E-state index contributed by atoms with van der Waals surface area (Å²) in [5.74, 6) is 0.333. The van der Waals surface area contributed by atoms with E-state index >= 15 is 0 Å². The molecule has 1 aliphatic rings. The van der Waals surface area contributed by atoms with Crippen molar-refractivity contribution in [1.29, 1.82) is 0 Å². The highest BCUT2D eigenvalue weighted by Gasteiger charge is 2.28. The van der Waals surface area contributed by atoms with Crippen LogP contribution < -0.4 is 10.0 Å². The van der Waals surface area contributed by atoms with E-state index in [-0.39, 0.29) is 29.7 Å². The molecule has 1 rings (SSSR count). The Morgan fingerprint density at radius 3 is 2.55 bits per heavy atom. The summed E-state index contributed by atoms with van der Waals surface area (Å²) in [5.41, 5.74) is 0. The standard InChI is InChI=1S/C12H26N2O4S2/c1-2-6-13-7-3-4-8-20(17,18)14-10-12-5-9-19(15,16)11-12/h12-14H,2-11H2,1H3. The van der Waals surface area contributed by atoms with Gasteiger partial charge in [-0.1, -0.05) is 6.92 Å². The van der Waals surface area contributed by atoms with Crippen molar-refractivity contribution in [2.75, 3.05) is 36.9 Å². The van der Waals surface area contributed by atoms with E-state index in [1.54, 1.807) is 0 Å². The number of hydrogen-bond acceptors (Lipinski definition) is 5. The van der Waals surface area contributed by atoms with Crippen LogP contribution in [0.3, 0.4) is 0 Å². The van der Waals surface area contributed by atoms with Crippen LogP contribution in [0.5, 0.6) is 0 Å². The molecule has 2 N–H and O–H groups in total. The summed E-state index contributed by atoms with van der Waals surface area (Å²) in [6.45, 7) is 4.13. The third-order valence-corrected chi connectivity index (χ3v) is 6.63. The second-order valence-electron chi connectivity index (χ2n) is 5.39. The monoisotopic (exact) mass is 326 g/mol. The lowest BCUT2D eigenvalue weighted by atomic mass is 10.1. The molecule has 6 nitrogen and oxygen atoms in total. The highest BCUT2D eigenvalue weighted by Crippen LogP contribution is 2.17. The lowest BCUT2D eigenvalue weighted by molar-refractivity contribution is 0.539. The lowest BCUT2D eigenvalue weighted by Gasteiger charge is -2.10. The van der Waals surface area contributed by atoms with E-state index in [9.17, 15) is 16.8 Å². The van der Waals surface area contributed by atoms with Gasteiger partial charge in [-0.2, -0.15) is 0 Å². The van der Waals surface area contributed by atoms with Gasteiger partial charge in [0.05, 0.1) is 17.3 Å². The zero-order chi connectivity index (χ0) is 15.1. The van der Waals surface area contributed by atoms with Gasteiger partial charge in [-0.25, -0.2) is 21.6 Å². The molecule has 20 heavy (non-hydrogen) atoms. The van der Waals surface area contributed by atoms with Crippen LogP contribution >= 0.6 is 0 Å². The second kappa shape index (κ2) is 8.31. The van der Waals surface area contributed by atoms with Crippen LogP contribution in [0.2, 0.25) is 0 Å². The fourth-order valence-corrected chi connectivity index (χ4v) is 5.27. The molecule has 1 heterocycles. The average Bonchev–Trinajstić information content (AvgIpc) is 2.71. The van der Waals surface area contributed by atoms with Crippen LogP contribution in [0.4, 0.5) is 0 Å². The Balaban J connectivity index is 2.15. The summed E-state index contributed by atoms with van der Waals surface area (Å²) in [6, 6.07) is 0. The zero-order valence-corrected chi connectivity index (χ0v) is 13.7. The summed E-state index contributed by atoms with van der Waals surface area (Å²) in [6.07, 6.45) is 3.09. The average molecular weight is 326 g/mol. The molecule has 120 valence electrons. The van der Waals surface area contributed by atoms with Crippen LogP contribution in [-0.2, 0) is 19.9 Å². The first kappa shape index (κ1) is 17.9. The highest BCUT2D eigenvalue weighted by molar-refractivity contribution is 7.91. The SMILES string of the molecule is CCCNCCCCS(=O)(=O)NCC1CCS(=O)(=O)C1. The van der Waals surface area contributed by atoms with Crippen molar-refractivity contribution in [3.63, 3.8) is 0 Å². The molecule has 0 spiro atoms. The van der Waals surface area contributed by atoms with Crippen molar-refractivity contribution in [3.05, 3.63) is 0 Å². The normalized spacial score (nSPS) is 22.1. The smallest absolute Gasteiger partial charge is 0.211 e. The molecule has 1 fully saturated rings. The first-order valence-corrected chi connectivity index (χ1v) is 10.7. The predicted octanol–water partition coefficient (Wildman–Crippen LogP) is 0.120. The molecule has 0 bridgehead atoms. The Morgan fingerprint density at radius 2 is 1.95 bits per heavy atom. The molecule has 8 heteroatoms. The minimum atomic E-state index is -3.27. The molecule has 1 saturated heterocycles. The molecular formula is C12H26N2O4S2. The Kier molecular flexibility index (Phi) is 7.42. The molecule has 0 aliphatic carbocycles. The molecule has 0 radical (unpaired) electrons. The number of unbranched alkanes of at least 4 members (excludes halogenated alkanes) is 1. The third kappa shape index (κ3) is 7.56. The number of nitrogens with one attached hydrogen (secondary N) is 2. The molecule has 0 saturated carbocycles. The van der Waals surface area contributed by atoms with Crippen molar-refractivity contribution >= 4 is 19.9 Å². The summed E-state index contributed by atoms with van der Waals surface area (Å²) in [7, 11) is -6.21. The van der Waals surface area contributed by atoms with E-state index in [1.165, 1.54) is 0 Å².